The predicted molar refractivity (Wildman–Crippen MR) is 76.6 cm³/mol. The van der Waals surface area contributed by atoms with E-state index >= 15 is 0 Å². The second-order valence-electron chi connectivity index (χ2n) is 6.21. The van der Waals surface area contributed by atoms with Gasteiger partial charge in [-0.15, -0.1) is 0 Å². The Morgan fingerprint density at radius 1 is 0.708 bits per heavy atom. The van der Waals surface area contributed by atoms with Gasteiger partial charge in [-0.05, 0) is 6.42 Å². The lowest BCUT2D eigenvalue weighted by molar-refractivity contribution is -0.293. The Morgan fingerprint density at radius 2 is 1.25 bits per heavy atom. The second-order valence-corrected chi connectivity index (χ2v) is 6.21. The summed E-state index contributed by atoms with van der Waals surface area (Å²) < 4.78 is 15.6. The molecule has 0 aliphatic carbocycles. The van der Waals surface area contributed by atoms with Gasteiger partial charge in [-0.25, -0.2) is 0 Å². The van der Waals surface area contributed by atoms with Crippen molar-refractivity contribution in [3.63, 3.8) is 0 Å². The number of rotatable bonds is 5. The molecule has 2 aliphatic rings. The summed E-state index contributed by atoms with van der Waals surface area (Å²) in [6.45, 7) is -1.07. The molecular weight excluding hydrogens is 328 g/mol. The largest absolute Gasteiger partial charge is 0.394 e. The normalized spacial score (nSPS) is 50.0. The summed E-state index contributed by atoms with van der Waals surface area (Å²) in [6.07, 6.45) is -11.3. The molecule has 2 heterocycles. The van der Waals surface area contributed by atoms with E-state index in [9.17, 15) is 35.7 Å². The van der Waals surface area contributed by atoms with Gasteiger partial charge in [0, 0.05) is 13.0 Å². The SMILES string of the molecule is CO[C@H]1O[C@H](CO)[C@@H](O)[C@H](C[C@@H]2O[C@H](CO)[C@@H](O)[C@H](O)[C@H]2O)[C@H]1O. The fraction of sp³-hybridized carbons (Fsp3) is 1.00. The van der Waals surface area contributed by atoms with Crippen LogP contribution in [0.2, 0.25) is 0 Å². The van der Waals surface area contributed by atoms with E-state index in [1.54, 1.807) is 0 Å². The molecule has 2 fully saturated rings. The minimum atomic E-state index is -1.54. The number of aliphatic hydroxyl groups is 7. The van der Waals surface area contributed by atoms with Crippen LogP contribution in [0.5, 0.6) is 0 Å². The predicted octanol–water partition coefficient (Wildman–Crippen LogP) is -4.08. The maximum atomic E-state index is 10.3. The van der Waals surface area contributed by atoms with Crippen LogP contribution in [0, 0.1) is 5.92 Å². The molecule has 0 bridgehead atoms. The summed E-state index contributed by atoms with van der Waals surface area (Å²) in [4.78, 5) is 0. The molecule has 0 saturated carbocycles. The summed E-state index contributed by atoms with van der Waals surface area (Å²) in [5.41, 5.74) is 0. The first kappa shape index (κ1) is 19.9. The highest BCUT2D eigenvalue weighted by Gasteiger charge is 2.49. The van der Waals surface area contributed by atoms with Gasteiger partial charge in [-0.1, -0.05) is 0 Å². The van der Waals surface area contributed by atoms with E-state index < -0.39 is 74.3 Å². The van der Waals surface area contributed by atoms with Crippen molar-refractivity contribution in [2.45, 2.75) is 61.5 Å². The second kappa shape index (κ2) is 8.32. The van der Waals surface area contributed by atoms with E-state index in [1.165, 1.54) is 7.11 Å². The Bertz CT molecular complexity index is 378. The minimum absolute atomic E-state index is 0.108. The summed E-state index contributed by atoms with van der Waals surface area (Å²) in [5, 5.41) is 68.7. The Morgan fingerprint density at radius 3 is 1.79 bits per heavy atom. The average Bonchev–Trinajstić information content (AvgIpc) is 2.58. The number of ether oxygens (including phenoxy) is 3. The van der Waals surface area contributed by atoms with Crippen LogP contribution >= 0.6 is 0 Å². The first-order valence-corrected chi connectivity index (χ1v) is 7.81. The highest BCUT2D eigenvalue weighted by Crippen LogP contribution is 2.33. The van der Waals surface area contributed by atoms with Crippen LogP contribution in [0.3, 0.4) is 0 Å². The van der Waals surface area contributed by atoms with Crippen molar-refractivity contribution >= 4 is 0 Å². The van der Waals surface area contributed by atoms with Crippen molar-refractivity contribution in [3.8, 4) is 0 Å². The lowest BCUT2D eigenvalue weighted by Crippen LogP contribution is -2.61. The van der Waals surface area contributed by atoms with Gasteiger partial charge in [0.2, 0.25) is 0 Å². The zero-order valence-electron chi connectivity index (χ0n) is 13.3. The summed E-state index contributed by atoms with van der Waals surface area (Å²) in [5.74, 6) is -0.887. The summed E-state index contributed by atoms with van der Waals surface area (Å²) in [6, 6.07) is 0. The molecule has 0 unspecified atom stereocenters. The van der Waals surface area contributed by atoms with Gasteiger partial charge in [0.05, 0.1) is 25.4 Å². The van der Waals surface area contributed by atoms with E-state index in [0.29, 0.717) is 0 Å². The molecule has 7 N–H and O–H groups in total. The average molecular weight is 354 g/mol. The van der Waals surface area contributed by atoms with Gasteiger partial charge in [-0.3, -0.25) is 0 Å². The number of hydrogen-bond acceptors (Lipinski definition) is 10. The van der Waals surface area contributed by atoms with E-state index in [0.717, 1.165) is 0 Å². The zero-order chi connectivity index (χ0) is 18.0. The third kappa shape index (κ3) is 3.73. The van der Waals surface area contributed by atoms with E-state index in [2.05, 4.69) is 0 Å². The molecule has 0 aromatic heterocycles. The monoisotopic (exact) mass is 354 g/mol. The fourth-order valence-corrected chi connectivity index (χ4v) is 3.28. The molecule has 0 aromatic carbocycles. The molecule has 0 spiro atoms. The van der Waals surface area contributed by atoms with Crippen molar-refractivity contribution in [1.29, 1.82) is 0 Å². The lowest BCUT2D eigenvalue weighted by atomic mass is 9.81. The Balaban J connectivity index is 2.14. The summed E-state index contributed by atoms with van der Waals surface area (Å²) in [7, 11) is 1.30. The molecule has 10 heteroatoms. The molecule has 0 aromatic rings. The van der Waals surface area contributed by atoms with Crippen molar-refractivity contribution in [2.24, 2.45) is 5.92 Å². The van der Waals surface area contributed by atoms with Gasteiger partial charge in [-0.2, -0.15) is 0 Å². The first-order chi connectivity index (χ1) is 11.3. The van der Waals surface area contributed by atoms with Crippen molar-refractivity contribution in [1.82, 2.24) is 0 Å². The number of methoxy groups -OCH3 is 1. The third-order valence-corrected chi connectivity index (χ3v) is 4.75. The van der Waals surface area contributed by atoms with Crippen LogP contribution in [0.15, 0.2) is 0 Å². The van der Waals surface area contributed by atoms with Gasteiger partial charge >= 0.3 is 0 Å². The van der Waals surface area contributed by atoms with Gasteiger partial charge in [0.1, 0.15) is 36.6 Å². The summed E-state index contributed by atoms with van der Waals surface area (Å²) >= 11 is 0. The van der Waals surface area contributed by atoms with E-state index in [-0.39, 0.29) is 6.42 Å². The molecule has 2 saturated heterocycles. The maximum Gasteiger partial charge on any atom is 0.184 e. The molecule has 10 atom stereocenters. The van der Waals surface area contributed by atoms with Crippen LogP contribution in [0.25, 0.3) is 0 Å². The molecule has 142 valence electrons. The van der Waals surface area contributed by atoms with Crippen LogP contribution in [-0.2, 0) is 14.2 Å². The smallest absolute Gasteiger partial charge is 0.184 e. The minimum Gasteiger partial charge on any atom is -0.394 e. The van der Waals surface area contributed by atoms with Crippen molar-refractivity contribution in [3.05, 3.63) is 0 Å². The van der Waals surface area contributed by atoms with Gasteiger partial charge in [0.15, 0.2) is 6.29 Å². The van der Waals surface area contributed by atoms with E-state index in [4.69, 9.17) is 14.2 Å². The zero-order valence-corrected chi connectivity index (χ0v) is 13.3. The van der Waals surface area contributed by atoms with Crippen molar-refractivity contribution < 1.29 is 50.0 Å². The lowest BCUT2D eigenvalue weighted by Gasteiger charge is -2.45. The molecule has 24 heavy (non-hydrogen) atoms. The Hall–Kier alpha value is -0.400. The topological polar surface area (TPSA) is 169 Å². The van der Waals surface area contributed by atoms with E-state index in [1.807, 2.05) is 0 Å². The molecule has 0 amide bonds. The Labute approximate surface area is 138 Å². The van der Waals surface area contributed by atoms with Crippen LogP contribution in [0.4, 0.5) is 0 Å². The fourth-order valence-electron chi connectivity index (χ4n) is 3.28. The molecule has 2 aliphatic heterocycles. The molecule has 2 rings (SSSR count). The Kier molecular flexibility index (Phi) is 6.90. The third-order valence-electron chi connectivity index (χ3n) is 4.75. The highest BCUT2D eigenvalue weighted by molar-refractivity contribution is 4.96. The number of hydrogen-bond donors (Lipinski definition) is 7. The van der Waals surface area contributed by atoms with Gasteiger partial charge in [0.25, 0.3) is 0 Å². The van der Waals surface area contributed by atoms with Crippen molar-refractivity contribution in [2.75, 3.05) is 20.3 Å². The van der Waals surface area contributed by atoms with Crippen LogP contribution in [0.1, 0.15) is 6.42 Å². The quantitative estimate of drug-likeness (QED) is 0.258. The highest BCUT2D eigenvalue weighted by atomic mass is 16.7. The van der Waals surface area contributed by atoms with Crippen LogP contribution < -0.4 is 0 Å². The van der Waals surface area contributed by atoms with Gasteiger partial charge < -0.3 is 50.0 Å². The standard InChI is InChI=1S/C14H26O10/c1-22-14-10(18)5(9(17)7(3-15)24-14)2-6-11(19)13(21)12(20)8(4-16)23-6/h5-21H,2-4H2,1H3/t5-,6-,7+,8+,9-,10+,11-,12+,13+,14-/m0/s1. The first-order valence-electron chi connectivity index (χ1n) is 7.81. The van der Waals surface area contributed by atoms with Crippen LogP contribution in [-0.4, -0.2) is 111 Å². The number of aliphatic hydroxyl groups excluding tert-OH is 7. The molecular formula is C14H26O10. The molecule has 0 radical (unpaired) electrons. The molecule has 10 nitrogen and oxygen atoms in total. The maximum absolute atomic E-state index is 10.3.